The number of alkyl carbamates (subject to hydrolysis) is 1. The molecule has 158 valence electrons. The number of hydrogen-bond donors (Lipinski definition) is 3. The molecule has 0 bridgehead atoms. The van der Waals surface area contributed by atoms with Gasteiger partial charge in [-0.25, -0.2) is 4.79 Å². The summed E-state index contributed by atoms with van der Waals surface area (Å²) >= 11 is 0. The molecule has 0 aliphatic carbocycles. The van der Waals surface area contributed by atoms with E-state index in [0.717, 1.165) is 51.5 Å². The Morgan fingerprint density at radius 2 is 1.67 bits per heavy atom. The quantitative estimate of drug-likeness (QED) is 0.330. The average molecular weight is 385 g/mol. The van der Waals surface area contributed by atoms with Gasteiger partial charge in [-0.2, -0.15) is 0 Å². The summed E-state index contributed by atoms with van der Waals surface area (Å²) in [6.45, 7) is 13.6. The Bertz CT molecular complexity index is 450. The van der Waals surface area contributed by atoms with Crippen LogP contribution >= 0.6 is 0 Å². The predicted molar refractivity (Wildman–Crippen MR) is 111 cm³/mol. The molecule has 3 N–H and O–H groups in total. The Hall–Kier alpha value is -1.54. The van der Waals surface area contributed by atoms with Gasteiger partial charge in [0, 0.05) is 39.8 Å². The summed E-state index contributed by atoms with van der Waals surface area (Å²) in [4.78, 5) is 20.8. The molecule has 0 atom stereocenters. The number of carbonyl (C=O) groups is 1. The number of likely N-dealkylation sites (N-methyl/N-ethyl adjacent to an activating group) is 1. The molecule has 0 unspecified atom stereocenters. The zero-order valence-electron chi connectivity index (χ0n) is 17.9. The zero-order chi connectivity index (χ0) is 20.1. The average Bonchev–Trinajstić information content (AvgIpc) is 2.79. The molecule has 0 aromatic heterocycles. The minimum absolute atomic E-state index is 0.371. The molecular formula is C19H40N6O2. The Morgan fingerprint density at radius 3 is 2.33 bits per heavy atom. The highest BCUT2D eigenvalue weighted by atomic mass is 16.6. The molecule has 0 saturated carbocycles. The van der Waals surface area contributed by atoms with Crippen LogP contribution in [0.25, 0.3) is 0 Å². The number of ether oxygens (including phenoxy) is 1. The molecule has 27 heavy (non-hydrogen) atoms. The number of aliphatic imine (C=N–C) groups is 1. The van der Waals surface area contributed by atoms with Gasteiger partial charge in [0.2, 0.25) is 0 Å². The number of amides is 1. The third-order valence-corrected chi connectivity index (χ3v) is 4.29. The highest BCUT2D eigenvalue weighted by molar-refractivity contribution is 5.79. The van der Waals surface area contributed by atoms with Crippen LogP contribution in [0.15, 0.2) is 4.99 Å². The normalized spacial score (nSPS) is 17.3. The number of nitrogens with zero attached hydrogens (tertiary/aromatic N) is 3. The molecule has 1 saturated heterocycles. The smallest absolute Gasteiger partial charge is 0.407 e. The van der Waals surface area contributed by atoms with Gasteiger partial charge in [-0.3, -0.25) is 4.99 Å². The SMILES string of the molecule is CN=C(NCCCNC(=O)OC(C)(C)C)NCCCN1CCCN(C)CC1. The summed E-state index contributed by atoms with van der Waals surface area (Å²) in [5.74, 6) is 0.808. The number of hydrogen-bond acceptors (Lipinski definition) is 5. The van der Waals surface area contributed by atoms with Gasteiger partial charge in [0.15, 0.2) is 5.96 Å². The van der Waals surface area contributed by atoms with Crippen LogP contribution in [0.1, 0.15) is 40.0 Å². The van der Waals surface area contributed by atoms with Crippen molar-refractivity contribution in [3.63, 3.8) is 0 Å². The third kappa shape index (κ3) is 12.5. The van der Waals surface area contributed by atoms with Crippen LogP contribution < -0.4 is 16.0 Å². The fourth-order valence-corrected chi connectivity index (χ4v) is 2.85. The molecular weight excluding hydrogens is 344 g/mol. The molecule has 0 spiro atoms. The van der Waals surface area contributed by atoms with Crippen LogP contribution in [0, 0.1) is 0 Å². The third-order valence-electron chi connectivity index (χ3n) is 4.29. The lowest BCUT2D eigenvalue weighted by atomic mass is 10.2. The van der Waals surface area contributed by atoms with Gasteiger partial charge in [-0.05, 0) is 66.7 Å². The van der Waals surface area contributed by atoms with Crippen molar-refractivity contribution in [1.82, 2.24) is 25.8 Å². The number of nitrogens with one attached hydrogen (secondary N) is 3. The van der Waals surface area contributed by atoms with E-state index in [1.807, 2.05) is 20.8 Å². The first-order valence-electron chi connectivity index (χ1n) is 10.1. The first-order chi connectivity index (χ1) is 12.8. The maximum Gasteiger partial charge on any atom is 0.407 e. The Labute approximate surface area is 165 Å². The fraction of sp³-hybridized carbons (Fsp3) is 0.895. The van der Waals surface area contributed by atoms with Gasteiger partial charge >= 0.3 is 6.09 Å². The summed E-state index contributed by atoms with van der Waals surface area (Å²) < 4.78 is 5.20. The van der Waals surface area contributed by atoms with E-state index in [-0.39, 0.29) is 6.09 Å². The van der Waals surface area contributed by atoms with Gasteiger partial charge in [0.1, 0.15) is 5.60 Å². The lowest BCUT2D eigenvalue weighted by molar-refractivity contribution is 0.0527. The highest BCUT2D eigenvalue weighted by Gasteiger charge is 2.15. The van der Waals surface area contributed by atoms with Crippen LogP contribution in [-0.4, -0.2) is 93.9 Å². The summed E-state index contributed by atoms with van der Waals surface area (Å²) in [6, 6.07) is 0. The lowest BCUT2D eigenvalue weighted by Crippen LogP contribution is -2.40. The summed E-state index contributed by atoms with van der Waals surface area (Å²) in [5.41, 5.74) is -0.461. The van der Waals surface area contributed by atoms with Crippen LogP contribution in [0.5, 0.6) is 0 Å². The number of carbonyl (C=O) groups excluding carboxylic acids is 1. The second-order valence-electron chi connectivity index (χ2n) is 8.06. The molecule has 1 amide bonds. The molecule has 0 aromatic rings. The lowest BCUT2D eigenvalue weighted by Gasteiger charge is -2.20. The van der Waals surface area contributed by atoms with E-state index < -0.39 is 5.60 Å². The zero-order valence-corrected chi connectivity index (χ0v) is 17.9. The predicted octanol–water partition coefficient (Wildman–Crippen LogP) is 1.09. The monoisotopic (exact) mass is 384 g/mol. The molecule has 0 aromatic carbocycles. The van der Waals surface area contributed by atoms with Gasteiger partial charge in [-0.1, -0.05) is 0 Å². The molecule has 8 nitrogen and oxygen atoms in total. The van der Waals surface area contributed by atoms with E-state index in [9.17, 15) is 4.79 Å². The number of rotatable bonds is 8. The van der Waals surface area contributed by atoms with Crippen molar-refractivity contribution < 1.29 is 9.53 Å². The molecule has 1 heterocycles. The number of guanidine groups is 1. The minimum atomic E-state index is -0.461. The van der Waals surface area contributed by atoms with E-state index in [0.29, 0.717) is 6.54 Å². The molecule has 1 aliphatic heterocycles. The van der Waals surface area contributed by atoms with E-state index in [1.165, 1.54) is 19.5 Å². The van der Waals surface area contributed by atoms with E-state index >= 15 is 0 Å². The second kappa shape index (κ2) is 12.8. The first kappa shape index (κ1) is 23.5. The molecule has 1 rings (SSSR count). The van der Waals surface area contributed by atoms with Crippen molar-refractivity contribution >= 4 is 12.1 Å². The van der Waals surface area contributed by atoms with E-state index in [1.54, 1.807) is 7.05 Å². The van der Waals surface area contributed by atoms with Crippen LogP contribution in [0.4, 0.5) is 4.79 Å². The van der Waals surface area contributed by atoms with Crippen molar-refractivity contribution in [3.8, 4) is 0 Å². The molecule has 0 radical (unpaired) electrons. The fourth-order valence-electron chi connectivity index (χ4n) is 2.85. The van der Waals surface area contributed by atoms with Crippen molar-refractivity contribution in [1.29, 1.82) is 0 Å². The molecule has 1 aliphatic rings. The summed E-state index contributed by atoms with van der Waals surface area (Å²) in [7, 11) is 3.97. The largest absolute Gasteiger partial charge is 0.444 e. The van der Waals surface area contributed by atoms with Gasteiger partial charge in [0.05, 0.1) is 0 Å². The first-order valence-corrected chi connectivity index (χ1v) is 10.1. The van der Waals surface area contributed by atoms with Gasteiger partial charge in [-0.15, -0.1) is 0 Å². The van der Waals surface area contributed by atoms with E-state index in [4.69, 9.17) is 4.74 Å². The maximum absolute atomic E-state index is 11.6. The van der Waals surface area contributed by atoms with Crippen molar-refractivity contribution in [2.75, 3.05) is 66.5 Å². The second-order valence-corrected chi connectivity index (χ2v) is 8.06. The maximum atomic E-state index is 11.6. The van der Waals surface area contributed by atoms with Gasteiger partial charge < -0.3 is 30.5 Å². The van der Waals surface area contributed by atoms with Gasteiger partial charge in [0.25, 0.3) is 0 Å². The summed E-state index contributed by atoms with van der Waals surface area (Å²) in [5, 5.41) is 9.38. The Morgan fingerprint density at radius 1 is 1.00 bits per heavy atom. The van der Waals surface area contributed by atoms with Crippen molar-refractivity contribution in [2.24, 2.45) is 4.99 Å². The summed E-state index contributed by atoms with van der Waals surface area (Å²) in [6.07, 6.45) is 2.79. The Balaban J connectivity index is 2.05. The van der Waals surface area contributed by atoms with Crippen LogP contribution in [0.3, 0.4) is 0 Å². The van der Waals surface area contributed by atoms with Crippen LogP contribution in [-0.2, 0) is 4.74 Å². The molecule has 8 heteroatoms. The van der Waals surface area contributed by atoms with Crippen molar-refractivity contribution in [2.45, 2.75) is 45.6 Å². The minimum Gasteiger partial charge on any atom is -0.444 e. The highest BCUT2D eigenvalue weighted by Crippen LogP contribution is 2.06. The standard InChI is InChI=1S/C19H40N6O2/c1-19(2,3)27-18(26)23-10-6-9-21-17(20-4)22-11-7-13-25-14-8-12-24(5)15-16-25/h6-16H2,1-5H3,(H,23,26)(H2,20,21,22). The topological polar surface area (TPSA) is 81.2 Å². The van der Waals surface area contributed by atoms with E-state index in [2.05, 4.69) is 37.8 Å². The van der Waals surface area contributed by atoms with Crippen LogP contribution in [0.2, 0.25) is 0 Å². The molecule has 1 fully saturated rings. The van der Waals surface area contributed by atoms with Crippen molar-refractivity contribution in [3.05, 3.63) is 0 Å². The Kier molecular flexibility index (Phi) is 11.1.